The van der Waals surface area contributed by atoms with Gasteiger partial charge in [-0.05, 0) is 55.0 Å². The fourth-order valence-electron chi connectivity index (χ4n) is 2.83. The van der Waals surface area contributed by atoms with Crippen LogP contribution in [0.25, 0.3) is 11.3 Å². The van der Waals surface area contributed by atoms with Gasteiger partial charge in [-0.25, -0.2) is 5.43 Å². The number of aromatic amines is 1. The Labute approximate surface area is 179 Å². The highest BCUT2D eigenvalue weighted by atomic mass is 16.5. The van der Waals surface area contributed by atoms with Gasteiger partial charge in [0.05, 0.1) is 17.6 Å². The average Bonchev–Trinajstić information content (AvgIpc) is 3.30. The minimum absolute atomic E-state index is 0.313. The summed E-state index contributed by atoms with van der Waals surface area (Å²) in [5, 5.41) is 10.9. The number of hydrogen-bond acceptors (Lipinski definition) is 5. The number of benzene rings is 2. The van der Waals surface area contributed by atoms with Crippen molar-refractivity contribution in [2.75, 3.05) is 0 Å². The van der Waals surface area contributed by atoms with Crippen molar-refractivity contribution in [3.8, 4) is 17.0 Å². The van der Waals surface area contributed by atoms with Gasteiger partial charge in [-0.2, -0.15) is 10.2 Å². The molecule has 7 nitrogen and oxygen atoms in total. The highest BCUT2D eigenvalue weighted by Gasteiger charge is 2.10. The fraction of sp³-hybridized carbons (Fsp3) is 0.0833. The Morgan fingerprint density at radius 1 is 1.10 bits per heavy atom. The summed E-state index contributed by atoms with van der Waals surface area (Å²) < 4.78 is 5.83. The summed E-state index contributed by atoms with van der Waals surface area (Å²) in [7, 11) is 0. The molecule has 4 rings (SSSR count). The molecular weight excluding hydrogens is 390 g/mol. The van der Waals surface area contributed by atoms with Crippen LogP contribution in [-0.4, -0.2) is 27.3 Å². The van der Waals surface area contributed by atoms with Gasteiger partial charge < -0.3 is 4.74 Å². The molecule has 0 bridgehead atoms. The van der Waals surface area contributed by atoms with E-state index in [-0.39, 0.29) is 5.91 Å². The largest absolute Gasteiger partial charge is 0.489 e. The monoisotopic (exact) mass is 411 g/mol. The molecule has 0 aliphatic rings. The third kappa shape index (κ3) is 5.42. The Morgan fingerprint density at radius 3 is 2.65 bits per heavy atom. The van der Waals surface area contributed by atoms with Crippen LogP contribution < -0.4 is 10.2 Å². The van der Waals surface area contributed by atoms with Gasteiger partial charge in [-0.1, -0.05) is 35.9 Å². The first kappa shape index (κ1) is 20.0. The smallest absolute Gasteiger partial charge is 0.289 e. The van der Waals surface area contributed by atoms with Crippen molar-refractivity contribution < 1.29 is 9.53 Å². The molecule has 31 heavy (non-hydrogen) atoms. The summed E-state index contributed by atoms with van der Waals surface area (Å²) in [5.74, 6) is 0.380. The lowest BCUT2D eigenvalue weighted by Gasteiger charge is -2.07. The summed E-state index contributed by atoms with van der Waals surface area (Å²) in [6, 6.07) is 22.9. The van der Waals surface area contributed by atoms with E-state index in [0.717, 1.165) is 16.9 Å². The average molecular weight is 411 g/mol. The molecule has 2 aromatic carbocycles. The zero-order valence-electron chi connectivity index (χ0n) is 16.9. The zero-order valence-corrected chi connectivity index (χ0v) is 16.9. The number of rotatable bonds is 7. The molecule has 2 heterocycles. The standard InChI is InChI=1S/C24H21N5O2/c1-17-5-7-18(8-6-17)16-31-21-11-9-19(10-12-21)22-14-23(28-27-22)24(30)29-26-15-20-4-2-3-13-25-20/h2-15H,16H2,1H3,(H,27,28)(H,29,30)/b26-15-. The number of nitrogens with zero attached hydrogens (tertiary/aromatic N) is 3. The first-order chi connectivity index (χ1) is 15.2. The number of aryl methyl sites for hydroxylation is 1. The summed E-state index contributed by atoms with van der Waals surface area (Å²) in [4.78, 5) is 16.3. The Balaban J connectivity index is 1.34. The van der Waals surface area contributed by atoms with Crippen LogP contribution in [0.3, 0.4) is 0 Å². The van der Waals surface area contributed by atoms with E-state index in [1.807, 2.05) is 36.4 Å². The van der Waals surface area contributed by atoms with E-state index >= 15 is 0 Å². The van der Waals surface area contributed by atoms with Gasteiger partial charge in [0.15, 0.2) is 0 Å². The predicted molar refractivity (Wildman–Crippen MR) is 119 cm³/mol. The second-order valence-electron chi connectivity index (χ2n) is 6.92. The van der Waals surface area contributed by atoms with E-state index in [2.05, 4.69) is 56.9 Å². The normalized spacial score (nSPS) is 10.9. The lowest BCUT2D eigenvalue weighted by molar-refractivity contribution is 0.0950. The summed E-state index contributed by atoms with van der Waals surface area (Å²) in [5.41, 5.74) is 7.28. The molecule has 0 fully saturated rings. The van der Waals surface area contributed by atoms with Crippen molar-refractivity contribution in [3.05, 3.63) is 102 Å². The number of pyridine rings is 1. The number of hydrazone groups is 1. The van der Waals surface area contributed by atoms with E-state index in [1.165, 1.54) is 11.8 Å². The maximum Gasteiger partial charge on any atom is 0.289 e. The molecule has 2 N–H and O–H groups in total. The van der Waals surface area contributed by atoms with Gasteiger partial charge in [-0.15, -0.1) is 0 Å². The van der Waals surface area contributed by atoms with E-state index in [4.69, 9.17) is 4.74 Å². The lowest BCUT2D eigenvalue weighted by Crippen LogP contribution is -2.18. The molecule has 0 aliphatic carbocycles. The Hall–Kier alpha value is -4.26. The molecule has 0 saturated heterocycles. The van der Waals surface area contributed by atoms with E-state index in [0.29, 0.717) is 23.7 Å². The number of amides is 1. The Kier molecular flexibility index (Phi) is 6.13. The van der Waals surface area contributed by atoms with Crippen LogP contribution in [0, 0.1) is 6.92 Å². The van der Waals surface area contributed by atoms with Crippen LogP contribution in [0.5, 0.6) is 5.75 Å². The fourth-order valence-corrected chi connectivity index (χ4v) is 2.83. The summed E-state index contributed by atoms with van der Waals surface area (Å²) in [6.07, 6.45) is 3.13. The molecule has 4 aromatic rings. The molecule has 0 aliphatic heterocycles. The predicted octanol–water partition coefficient (Wildman–Crippen LogP) is 4.12. The number of hydrogen-bond donors (Lipinski definition) is 2. The van der Waals surface area contributed by atoms with Crippen LogP contribution in [0.2, 0.25) is 0 Å². The molecular formula is C24H21N5O2. The number of carbonyl (C=O) groups excluding carboxylic acids is 1. The Bertz CT molecular complexity index is 1170. The molecule has 0 saturated carbocycles. The van der Waals surface area contributed by atoms with Gasteiger partial charge >= 0.3 is 0 Å². The van der Waals surface area contributed by atoms with Crippen molar-refractivity contribution in [2.24, 2.45) is 5.10 Å². The second kappa shape index (κ2) is 9.49. The maximum atomic E-state index is 12.2. The van der Waals surface area contributed by atoms with Crippen molar-refractivity contribution in [2.45, 2.75) is 13.5 Å². The minimum atomic E-state index is -0.385. The number of carbonyl (C=O) groups is 1. The van der Waals surface area contributed by atoms with Crippen LogP contribution >= 0.6 is 0 Å². The Morgan fingerprint density at radius 2 is 1.90 bits per heavy atom. The van der Waals surface area contributed by atoms with Gasteiger partial charge in [0, 0.05) is 11.8 Å². The molecule has 1 amide bonds. The number of ether oxygens (including phenoxy) is 1. The van der Waals surface area contributed by atoms with Crippen LogP contribution in [-0.2, 0) is 6.61 Å². The van der Waals surface area contributed by atoms with E-state index < -0.39 is 0 Å². The van der Waals surface area contributed by atoms with Gasteiger partial charge in [0.1, 0.15) is 18.1 Å². The second-order valence-corrected chi connectivity index (χ2v) is 6.92. The van der Waals surface area contributed by atoms with Crippen molar-refractivity contribution in [1.29, 1.82) is 0 Å². The first-order valence-electron chi connectivity index (χ1n) is 9.76. The van der Waals surface area contributed by atoms with Gasteiger partial charge in [-0.3, -0.25) is 14.9 Å². The van der Waals surface area contributed by atoms with E-state index in [9.17, 15) is 4.79 Å². The first-order valence-corrected chi connectivity index (χ1v) is 9.76. The zero-order chi connectivity index (χ0) is 21.5. The van der Waals surface area contributed by atoms with Crippen molar-refractivity contribution >= 4 is 12.1 Å². The quantitative estimate of drug-likeness (QED) is 0.353. The third-order valence-corrected chi connectivity index (χ3v) is 4.55. The number of H-pyrrole nitrogens is 1. The summed E-state index contributed by atoms with van der Waals surface area (Å²) >= 11 is 0. The molecule has 0 spiro atoms. The molecule has 7 heteroatoms. The molecule has 2 aromatic heterocycles. The molecule has 0 unspecified atom stereocenters. The lowest BCUT2D eigenvalue weighted by atomic mass is 10.1. The van der Waals surface area contributed by atoms with Crippen LogP contribution in [0.1, 0.15) is 27.3 Å². The van der Waals surface area contributed by atoms with Gasteiger partial charge in [0.2, 0.25) is 0 Å². The van der Waals surface area contributed by atoms with E-state index in [1.54, 1.807) is 18.3 Å². The summed E-state index contributed by atoms with van der Waals surface area (Å²) in [6.45, 7) is 2.56. The van der Waals surface area contributed by atoms with Crippen LogP contribution in [0.15, 0.2) is 84.1 Å². The molecule has 0 atom stereocenters. The minimum Gasteiger partial charge on any atom is -0.489 e. The van der Waals surface area contributed by atoms with Crippen molar-refractivity contribution in [1.82, 2.24) is 20.6 Å². The highest BCUT2D eigenvalue weighted by Crippen LogP contribution is 2.22. The molecule has 0 radical (unpaired) electrons. The maximum absolute atomic E-state index is 12.2. The topological polar surface area (TPSA) is 92.3 Å². The highest BCUT2D eigenvalue weighted by molar-refractivity contribution is 5.94. The third-order valence-electron chi connectivity index (χ3n) is 4.55. The molecule has 154 valence electrons. The van der Waals surface area contributed by atoms with Crippen LogP contribution in [0.4, 0.5) is 0 Å². The number of aromatic nitrogens is 3. The van der Waals surface area contributed by atoms with Gasteiger partial charge in [0.25, 0.3) is 5.91 Å². The SMILES string of the molecule is Cc1ccc(COc2ccc(-c3cc(C(=O)N/N=C\c4ccccn4)[nH]n3)cc2)cc1. The van der Waals surface area contributed by atoms with Crippen molar-refractivity contribution in [3.63, 3.8) is 0 Å². The number of nitrogens with one attached hydrogen (secondary N) is 2.